The van der Waals surface area contributed by atoms with E-state index in [1.807, 2.05) is 37.4 Å². The standard InChI is InChI=1S/C32H29ClFN5O3S/c1-38-12-14-39(15-13-38)43(40,41)27-7-3-5-23(17-27)24-8-10-30-28(18-24)32(36-21-35-30)37-26-9-11-31(29(33)19-26)42-20-22-4-2-6-25(34)16-22/h2-11,16-19,21H,12-15,20H2,1H3,(H,35,36,37). The first kappa shape index (κ1) is 29.0. The van der Waals surface area contributed by atoms with Crippen molar-refractivity contribution in [1.82, 2.24) is 19.2 Å². The zero-order chi connectivity index (χ0) is 30.0. The molecule has 0 unspecified atom stereocenters. The molecule has 0 radical (unpaired) electrons. The molecule has 1 aromatic heterocycles. The largest absolute Gasteiger partial charge is 0.487 e. The van der Waals surface area contributed by atoms with Gasteiger partial charge in [-0.15, -0.1) is 0 Å². The third kappa shape index (κ3) is 6.47. The maximum Gasteiger partial charge on any atom is 0.243 e. The molecule has 1 aliphatic heterocycles. The number of halogens is 2. The number of benzene rings is 4. The number of anilines is 2. The van der Waals surface area contributed by atoms with Gasteiger partial charge in [-0.3, -0.25) is 0 Å². The summed E-state index contributed by atoms with van der Waals surface area (Å²) in [6.07, 6.45) is 1.48. The summed E-state index contributed by atoms with van der Waals surface area (Å²) in [6.45, 7) is 2.52. The van der Waals surface area contributed by atoms with Gasteiger partial charge in [0.15, 0.2) is 0 Å². The zero-order valence-corrected chi connectivity index (χ0v) is 24.9. The lowest BCUT2D eigenvalue weighted by atomic mass is 10.0. The van der Waals surface area contributed by atoms with Crippen LogP contribution in [0.1, 0.15) is 5.56 Å². The van der Waals surface area contributed by atoms with Crippen LogP contribution in [0.2, 0.25) is 5.02 Å². The third-order valence-corrected chi connectivity index (χ3v) is 9.57. The number of sulfonamides is 1. The molecule has 0 atom stereocenters. The summed E-state index contributed by atoms with van der Waals surface area (Å²) in [6, 6.07) is 24.3. The first-order valence-corrected chi connectivity index (χ1v) is 15.6. The van der Waals surface area contributed by atoms with Crippen molar-refractivity contribution in [2.24, 2.45) is 0 Å². The molecule has 5 aromatic rings. The summed E-state index contributed by atoms with van der Waals surface area (Å²) in [5.41, 5.74) is 3.72. The van der Waals surface area contributed by atoms with Crippen molar-refractivity contribution in [3.05, 3.63) is 108 Å². The summed E-state index contributed by atoms with van der Waals surface area (Å²) in [5, 5.41) is 4.46. The number of nitrogens with zero attached hydrogens (tertiary/aromatic N) is 4. The lowest BCUT2D eigenvalue weighted by molar-refractivity contribution is 0.222. The normalized spacial score (nSPS) is 14.6. The van der Waals surface area contributed by atoms with Gasteiger partial charge in [0.05, 0.1) is 15.4 Å². The van der Waals surface area contributed by atoms with Crippen molar-refractivity contribution in [1.29, 1.82) is 0 Å². The summed E-state index contributed by atoms with van der Waals surface area (Å²) < 4.78 is 47.6. The van der Waals surface area contributed by atoms with Gasteiger partial charge in [-0.2, -0.15) is 4.31 Å². The number of nitrogens with one attached hydrogen (secondary N) is 1. The Bertz CT molecular complexity index is 1900. The van der Waals surface area contributed by atoms with Crippen LogP contribution in [-0.2, 0) is 16.6 Å². The van der Waals surface area contributed by atoms with Crippen molar-refractivity contribution in [3.8, 4) is 16.9 Å². The molecular weight excluding hydrogens is 589 g/mol. The van der Waals surface area contributed by atoms with E-state index in [1.165, 1.54) is 18.5 Å². The molecule has 1 fully saturated rings. The van der Waals surface area contributed by atoms with Crippen LogP contribution in [0.3, 0.4) is 0 Å². The molecule has 1 N–H and O–H groups in total. The van der Waals surface area contributed by atoms with Gasteiger partial charge < -0.3 is 15.0 Å². The minimum Gasteiger partial charge on any atom is -0.487 e. The van der Waals surface area contributed by atoms with Crippen molar-refractivity contribution >= 4 is 44.0 Å². The van der Waals surface area contributed by atoms with Crippen LogP contribution in [-0.4, -0.2) is 60.8 Å². The highest BCUT2D eigenvalue weighted by Crippen LogP contribution is 2.33. The minimum absolute atomic E-state index is 0.182. The summed E-state index contributed by atoms with van der Waals surface area (Å²) >= 11 is 6.50. The van der Waals surface area contributed by atoms with Crippen LogP contribution >= 0.6 is 11.6 Å². The van der Waals surface area contributed by atoms with Gasteiger partial charge in [0.2, 0.25) is 10.0 Å². The Labute approximate surface area is 254 Å². The van der Waals surface area contributed by atoms with E-state index in [0.717, 1.165) is 22.0 Å². The van der Waals surface area contributed by atoms with Gasteiger partial charge in [0, 0.05) is 37.3 Å². The third-order valence-electron chi connectivity index (χ3n) is 7.38. The molecule has 2 heterocycles. The number of piperazine rings is 1. The van der Waals surface area contributed by atoms with Crippen LogP contribution in [0.25, 0.3) is 22.0 Å². The Morgan fingerprint density at radius 3 is 2.49 bits per heavy atom. The first-order valence-electron chi connectivity index (χ1n) is 13.7. The van der Waals surface area contributed by atoms with E-state index in [2.05, 4.69) is 20.2 Å². The zero-order valence-electron chi connectivity index (χ0n) is 23.4. The molecule has 43 heavy (non-hydrogen) atoms. The van der Waals surface area contributed by atoms with Gasteiger partial charge in [0.1, 0.15) is 30.3 Å². The second-order valence-electron chi connectivity index (χ2n) is 10.4. The molecule has 220 valence electrons. The van der Waals surface area contributed by atoms with Crippen molar-refractivity contribution in [3.63, 3.8) is 0 Å². The van der Waals surface area contributed by atoms with Gasteiger partial charge in [0.25, 0.3) is 0 Å². The average molecular weight is 618 g/mol. The van der Waals surface area contributed by atoms with Crippen LogP contribution in [0.5, 0.6) is 5.75 Å². The maximum atomic E-state index is 13.5. The van der Waals surface area contributed by atoms with Gasteiger partial charge in [-0.25, -0.2) is 22.8 Å². The van der Waals surface area contributed by atoms with Crippen LogP contribution < -0.4 is 10.1 Å². The van der Waals surface area contributed by atoms with E-state index < -0.39 is 10.0 Å². The molecule has 11 heteroatoms. The lowest BCUT2D eigenvalue weighted by Gasteiger charge is -2.31. The Hall–Kier alpha value is -4.09. The van der Waals surface area contributed by atoms with Crippen molar-refractivity contribution in [2.75, 3.05) is 38.5 Å². The predicted octanol–water partition coefficient (Wildman–Crippen LogP) is 6.35. The fourth-order valence-corrected chi connectivity index (χ4v) is 6.67. The second-order valence-corrected chi connectivity index (χ2v) is 12.7. The molecule has 4 aromatic carbocycles. The Kier molecular flexibility index (Phi) is 8.27. The Balaban J connectivity index is 1.24. The molecule has 0 bridgehead atoms. The smallest absolute Gasteiger partial charge is 0.243 e. The highest BCUT2D eigenvalue weighted by atomic mass is 35.5. The molecule has 8 nitrogen and oxygen atoms in total. The van der Waals surface area contributed by atoms with E-state index in [9.17, 15) is 12.8 Å². The van der Waals surface area contributed by atoms with Crippen LogP contribution in [0.4, 0.5) is 15.9 Å². The average Bonchev–Trinajstić information content (AvgIpc) is 3.01. The number of hydrogen-bond acceptors (Lipinski definition) is 7. The molecule has 6 rings (SSSR count). The van der Waals surface area contributed by atoms with Crippen molar-refractivity contribution < 1.29 is 17.5 Å². The lowest BCUT2D eigenvalue weighted by Crippen LogP contribution is -2.47. The van der Waals surface area contributed by atoms with E-state index in [1.54, 1.807) is 46.8 Å². The highest BCUT2D eigenvalue weighted by molar-refractivity contribution is 7.89. The quantitative estimate of drug-likeness (QED) is 0.217. The molecule has 0 amide bonds. The fourth-order valence-electron chi connectivity index (χ4n) is 4.97. The van der Waals surface area contributed by atoms with Gasteiger partial charge >= 0.3 is 0 Å². The Morgan fingerprint density at radius 1 is 0.907 bits per heavy atom. The van der Waals surface area contributed by atoms with Gasteiger partial charge in [-0.05, 0) is 78.3 Å². The molecule has 1 aliphatic rings. The Morgan fingerprint density at radius 2 is 1.70 bits per heavy atom. The topological polar surface area (TPSA) is 87.7 Å². The number of hydrogen-bond donors (Lipinski definition) is 1. The van der Waals surface area contributed by atoms with E-state index in [0.29, 0.717) is 54.0 Å². The number of aromatic nitrogens is 2. The number of likely N-dealkylation sites (N-methyl/N-ethyl adjacent to an activating group) is 1. The SMILES string of the molecule is CN1CCN(S(=O)(=O)c2cccc(-c3ccc4ncnc(Nc5ccc(OCc6cccc(F)c6)c(Cl)c5)c4c3)c2)CC1. The summed E-state index contributed by atoms with van der Waals surface area (Å²) in [4.78, 5) is 11.3. The fraction of sp³-hybridized carbons (Fsp3) is 0.188. The van der Waals surface area contributed by atoms with Crippen LogP contribution in [0.15, 0.2) is 96.2 Å². The second kappa shape index (κ2) is 12.3. The number of rotatable bonds is 8. The first-order chi connectivity index (χ1) is 20.8. The van der Waals surface area contributed by atoms with E-state index in [-0.39, 0.29) is 17.3 Å². The highest BCUT2D eigenvalue weighted by Gasteiger charge is 2.27. The molecule has 1 saturated heterocycles. The minimum atomic E-state index is -3.61. The molecular formula is C32H29ClFN5O3S. The van der Waals surface area contributed by atoms with Crippen LogP contribution in [0, 0.1) is 5.82 Å². The number of fused-ring (bicyclic) bond motifs is 1. The van der Waals surface area contributed by atoms with Crippen molar-refractivity contribution in [2.45, 2.75) is 11.5 Å². The molecule has 0 saturated carbocycles. The summed E-state index contributed by atoms with van der Waals surface area (Å²) in [5.74, 6) is 0.714. The van der Waals surface area contributed by atoms with E-state index in [4.69, 9.17) is 16.3 Å². The van der Waals surface area contributed by atoms with Gasteiger partial charge in [-0.1, -0.05) is 41.9 Å². The summed E-state index contributed by atoms with van der Waals surface area (Å²) in [7, 11) is -1.61. The maximum absolute atomic E-state index is 13.5. The van der Waals surface area contributed by atoms with E-state index >= 15 is 0 Å². The monoisotopic (exact) mass is 617 g/mol. The predicted molar refractivity (Wildman–Crippen MR) is 167 cm³/mol. The molecule has 0 aliphatic carbocycles. The number of ether oxygens (including phenoxy) is 1. The molecule has 0 spiro atoms.